The standard InChI is InChI=1S/C18H19N3O6/c1-8(2)18(17(25)26)9(3)19-12(7-22)13(16(23)24)14(18)10-5-4-6-11-15(10)21-27-20-11/h4-6,8,14,22H,7H2,1-3H3,(H,23,24)(H,25,26). The zero-order valence-electron chi connectivity index (χ0n) is 15.0. The summed E-state index contributed by atoms with van der Waals surface area (Å²) in [4.78, 5) is 28.8. The van der Waals surface area contributed by atoms with E-state index in [1.807, 2.05) is 0 Å². The summed E-state index contributed by atoms with van der Waals surface area (Å²) < 4.78 is 4.77. The molecule has 0 fully saturated rings. The minimum atomic E-state index is -1.64. The zero-order chi connectivity index (χ0) is 19.9. The lowest BCUT2D eigenvalue weighted by molar-refractivity contribution is -0.148. The molecule has 142 valence electrons. The van der Waals surface area contributed by atoms with Crippen molar-refractivity contribution in [3.05, 3.63) is 35.0 Å². The summed E-state index contributed by atoms with van der Waals surface area (Å²) in [5.74, 6) is -4.19. The van der Waals surface area contributed by atoms with E-state index in [-0.39, 0.29) is 22.5 Å². The second-order valence-electron chi connectivity index (χ2n) is 6.76. The van der Waals surface area contributed by atoms with Crippen LogP contribution in [0.5, 0.6) is 0 Å². The van der Waals surface area contributed by atoms with E-state index < -0.39 is 35.8 Å². The number of rotatable bonds is 5. The molecule has 2 atom stereocenters. The monoisotopic (exact) mass is 373 g/mol. The summed E-state index contributed by atoms with van der Waals surface area (Å²) in [6.07, 6.45) is 0. The number of aromatic nitrogens is 2. The summed E-state index contributed by atoms with van der Waals surface area (Å²) in [6.45, 7) is 4.31. The number of hydrogen-bond donors (Lipinski definition) is 3. The maximum Gasteiger partial charge on any atom is 0.334 e. The van der Waals surface area contributed by atoms with E-state index >= 15 is 0 Å². The average molecular weight is 373 g/mol. The maximum atomic E-state index is 12.5. The highest BCUT2D eigenvalue weighted by Crippen LogP contribution is 2.52. The van der Waals surface area contributed by atoms with Gasteiger partial charge in [-0.1, -0.05) is 26.0 Å². The number of aliphatic imine (C=N–C) groups is 1. The summed E-state index contributed by atoms with van der Waals surface area (Å²) in [5, 5.41) is 37.4. The van der Waals surface area contributed by atoms with Gasteiger partial charge in [-0.2, -0.15) is 0 Å². The Bertz CT molecular complexity index is 990. The first-order valence-electron chi connectivity index (χ1n) is 8.34. The molecule has 0 radical (unpaired) electrons. The molecular weight excluding hydrogens is 354 g/mol. The highest BCUT2D eigenvalue weighted by atomic mass is 16.6. The molecule has 2 unspecified atom stereocenters. The van der Waals surface area contributed by atoms with Gasteiger partial charge in [0.2, 0.25) is 0 Å². The number of carboxylic acid groups (broad SMARTS) is 2. The van der Waals surface area contributed by atoms with Gasteiger partial charge in [0.05, 0.1) is 17.9 Å². The minimum absolute atomic E-state index is 0.0732. The van der Waals surface area contributed by atoms with E-state index in [0.29, 0.717) is 11.1 Å². The Morgan fingerprint density at radius 3 is 2.52 bits per heavy atom. The molecule has 0 amide bonds. The van der Waals surface area contributed by atoms with E-state index in [2.05, 4.69) is 15.3 Å². The van der Waals surface area contributed by atoms with Crippen LogP contribution < -0.4 is 0 Å². The van der Waals surface area contributed by atoms with Gasteiger partial charge in [0.25, 0.3) is 0 Å². The lowest BCUT2D eigenvalue weighted by atomic mass is 9.58. The van der Waals surface area contributed by atoms with E-state index in [1.54, 1.807) is 32.0 Å². The Labute approximate surface area is 154 Å². The molecule has 1 aliphatic rings. The molecule has 9 nitrogen and oxygen atoms in total. The molecule has 1 aromatic carbocycles. The molecule has 9 heteroatoms. The molecule has 3 N–H and O–H groups in total. The number of carboxylic acids is 2. The summed E-state index contributed by atoms with van der Waals surface area (Å²) >= 11 is 0. The summed E-state index contributed by atoms with van der Waals surface area (Å²) in [5.41, 5.74) is -0.754. The number of benzene rings is 1. The Balaban J connectivity index is 2.47. The average Bonchev–Trinajstić information content (AvgIpc) is 3.08. The first kappa shape index (κ1) is 18.7. The van der Waals surface area contributed by atoms with Crippen molar-refractivity contribution in [3.8, 4) is 0 Å². The molecule has 2 heterocycles. The number of aliphatic hydroxyl groups excluding tert-OH is 1. The van der Waals surface area contributed by atoms with Crippen molar-refractivity contribution in [1.29, 1.82) is 0 Å². The molecule has 0 saturated carbocycles. The quantitative estimate of drug-likeness (QED) is 0.719. The second kappa shape index (κ2) is 6.58. The van der Waals surface area contributed by atoms with Crippen molar-refractivity contribution in [1.82, 2.24) is 10.3 Å². The molecule has 0 saturated heterocycles. The Hall–Kier alpha value is -3.07. The van der Waals surface area contributed by atoms with Crippen LogP contribution in [0.3, 0.4) is 0 Å². The molecule has 2 aromatic rings. The fourth-order valence-corrected chi connectivity index (χ4v) is 4.06. The highest BCUT2D eigenvalue weighted by molar-refractivity contribution is 6.11. The number of carbonyl (C=O) groups is 2. The number of aliphatic carboxylic acids is 2. The molecule has 27 heavy (non-hydrogen) atoms. The fraction of sp³-hybridized carbons (Fsp3) is 0.389. The molecule has 0 spiro atoms. The van der Waals surface area contributed by atoms with Crippen LogP contribution >= 0.6 is 0 Å². The van der Waals surface area contributed by atoms with Crippen molar-refractivity contribution in [3.63, 3.8) is 0 Å². The smallest absolute Gasteiger partial charge is 0.334 e. The first-order chi connectivity index (χ1) is 12.8. The van der Waals surface area contributed by atoms with Crippen molar-refractivity contribution in [2.45, 2.75) is 26.7 Å². The van der Waals surface area contributed by atoms with E-state index in [1.165, 1.54) is 6.92 Å². The first-order valence-corrected chi connectivity index (χ1v) is 8.34. The van der Waals surface area contributed by atoms with E-state index in [9.17, 15) is 24.9 Å². The Morgan fingerprint density at radius 1 is 1.26 bits per heavy atom. The Morgan fingerprint density at radius 2 is 1.96 bits per heavy atom. The van der Waals surface area contributed by atoms with Gasteiger partial charge in [0.1, 0.15) is 16.4 Å². The molecule has 1 aliphatic heterocycles. The number of aliphatic hydroxyl groups is 1. The van der Waals surface area contributed by atoms with Gasteiger partial charge in [0, 0.05) is 11.6 Å². The van der Waals surface area contributed by atoms with Gasteiger partial charge in [-0.25, -0.2) is 9.42 Å². The Kier molecular flexibility index (Phi) is 4.56. The third kappa shape index (κ3) is 2.54. The van der Waals surface area contributed by atoms with Crippen LogP contribution in [0, 0.1) is 11.3 Å². The number of fused-ring (bicyclic) bond motifs is 1. The van der Waals surface area contributed by atoms with Crippen molar-refractivity contribution < 1.29 is 29.5 Å². The van der Waals surface area contributed by atoms with Crippen LogP contribution in [0.25, 0.3) is 11.0 Å². The van der Waals surface area contributed by atoms with Crippen LogP contribution in [0.4, 0.5) is 0 Å². The molecule has 0 aliphatic carbocycles. The fourth-order valence-electron chi connectivity index (χ4n) is 4.06. The van der Waals surface area contributed by atoms with Crippen molar-refractivity contribution >= 4 is 28.7 Å². The van der Waals surface area contributed by atoms with Gasteiger partial charge >= 0.3 is 11.9 Å². The lowest BCUT2D eigenvalue weighted by Crippen LogP contribution is -2.51. The summed E-state index contributed by atoms with van der Waals surface area (Å²) in [6, 6.07) is 4.87. The van der Waals surface area contributed by atoms with Crippen LogP contribution in [0.1, 0.15) is 32.3 Å². The minimum Gasteiger partial charge on any atom is -0.481 e. The van der Waals surface area contributed by atoms with Crippen LogP contribution in [-0.2, 0) is 9.59 Å². The summed E-state index contributed by atoms with van der Waals surface area (Å²) in [7, 11) is 0. The number of hydrogen-bond acceptors (Lipinski definition) is 7. The topological polar surface area (TPSA) is 146 Å². The van der Waals surface area contributed by atoms with Crippen LogP contribution in [0.15, 0.2) is 39.1 Å². The predicted octanol–water partition coefficient (Wildman–Crippen LogP) is 1.84. The molecule has 3 rings (SSSR count). The van der Waals surface area contributed by atoms with Crippen molar-refractivity contribution in [2.24, 2.45) is 16.3 Å². The van der Waals surface area contributed by atoms with Gasteiger partial charge in [0.15, 0.2) is 0 Å². The van der Waals surface area contributed by atoms with Crippen molar-refractivity contribution in [2.75, 3.05) is 6.61 Å². The lowest BCUT2D eigenvalue weighted by Gasteiger charge is -2.43. The van der Waals surface area contributed by atoms with Gasteiger partial charge < -0.3 is 15.3 Å². The predicted molar refractivity (Wildman–Crippen MR) is 94.3 cm³/mol. The molecule has 1 aromatic heterocycles. The number of nitrogens with zero attached hydrogens (tertiary/aromatic N) is 3. The maximum absolute atomic E-state index is 12.5. The largest absolute Gasteiger partial charge is 0.481 e. The van der Waals surface area contributed by atoms with Crippen LogP contribution in [0.2, 0.25) is 0 Å². The normalized spacial score (nSPS) is 23.0. The van der Waals surface area contributed by atoms with Crippen LogP contribution in [-0.4, -0.2) is 49.9 Å². The SMILES string of the molecule is CC1=NC(CO)=C(C(=O)O)C(c2cccc3nonc23)C1(C(=O)O)C(C)C. The second-order valence-corrected chi connectivity index (χ2v) is 6.76. The molecular formula is C18H19N3O6. The van der Waals surface area contributed by atoms with Gasteiger partial charge in [-0.05, 0) is 34.8 Å². The highest BCUT2D eigenvalue weighted by Gasteiger charge is 2.57. The third-order valence-corrected chi connectivity index (χ3v) is 5.23. The van der Waals surface area contributed by atoms with Gasteiger partial charge in [-0.3, -0.25) is 9.79 Å². The third-order valence-electron chi connectivity index (χ3n) is 5.23. The van der Waals surface area contributed by atoms with E-state index in [0.717, 1.165) is 0 Å². The van der Waals surface area contributed by atoms with Gasteiger partial charge in [-0.15, -0.1) is 0 Å². The molecule has 0 bridgehead atoms. The zero-order valence-corrected chi connectivity index (χ0v) is 15.0. The van der Waals surface area contributed by atoms with E-state index in [4.69, 9.17) is 4.63 Å².